The molecule has 0 spiro atoms. The molecule has 0 radical (unpaired) electrons. The highest BCUT2D eigenvalue weighted by Crippen LogP contribution is 2.10. The van der Waals surface area contributed by atoms with E-state index >= 15 is 0 Å². The largest absolute Gasteiger partial charge is 0.481 e. The molecule has 5 heteroatoms. The van der Waals surface area contributed by atoms with Crippen LogP contribution in [-0.2, 0) is 9.59 Å². The molecule has 0 aromatic carbocycles. The van der Waals surface area contributed by atoms with Crippen LogP contribution in [0.5, 0.6) is 0 Å². The van der Waals surface area contributed by atoms with E-state index in [0.717, 1.165) is 38.8 Å². The maximum atomic E-state index is 11.8. The van der Waals surface area contributed by atoms with Crippen molar-refractivity contribution in [2.45, 2.75) is 143 Å². The minimum absolute atomic E-state index is 0.131. The lowest BCUT2D eigenvalue weighted by Crippen LogP contribution is -2.31. The Hall–Kier alpha value is -1.10. The third-order valence-electron chi connectivity index (χ3n) is 6.28. The fourth-order valence-electron chi connectivity index (χ4n) is 3.81. The highest BCUT2D eigenvalue weighted by molar-refractivity contribution is 5.78. The minimum Gasteiger partial charge on any atom is -0.481 e. The number of carbonyl (C=O) groups excluding carboxylic acids is 1. The number of rotatable bonds is 23. The molecule has 2 N–H and O–H groups in total. The van der Waals surface area contributed by atoms with E-state index in [0.29, 0.717) is 6.42 Å². The summed E-state index contributed by atoms with van der Waals surface area (Å²) >= 11 is 0. The van der Waals surface area contributed by atoms with Crippen molar-refractivity contribution in [2.75, 3.05) is 27.2 Å². The monoisotopic (exact) mass is 484 g/mol. The topological polar surface area (TPSA) is 69.6 Å². The zero-order valence-electron chi connectivity index (χ0n) is 23.6. The predicted octanol–water partition coefficient (Wildman–Crippen LogP) is 7.82. The van der Waals surface area contributed by atoms with Gasteiger partial charge >= 0.3 is 5.97 Å². The van der Waals surface area contributed by atoms with Gasteiger partial charge in [-0.2, -0.15) is 0 Å². The zero-order chi connectivity index (χ0) is 25.9. The van der Waals surface area contributed by atoms with E-state index in [9.17, 15) is 9.59 Å². The number of hydrogen-bond donors (Lipinski definition) is 2. The maximum absolute atomic E-state index is 11.8. The molecule has 0 aromatic rings. The number of amides is 1. The van der Waals surface area contributed by atoms with Gasteiger partial charge in [0.2, 0.25) is 5.91 Å². The van der Waals surface area contributed by atoms with Crippen molar-refractivity contribution < 1.29 is 14.7 Å². The molecular formula is C29H60N2O3. The van der Waals surface area contributed by atoms with Crippen LogP contribution in [0.2, 0.25) is 0 Å². The van der Waals surface area contributed by atoms with Crippen LogP contribution in [-0.4, -0.2) is 49.1 Å². The molecule has 1 unspecified atom stereocenters. The van der Waals surface area contributed by atoms with Gasteiger partial charge in [0.05, 0.1) is 0 Å². The average molecular weight is 485 g/mol. The lowest BCUT2D eigenvalue weighted by atomic mass is 10.1. The Morgan fingerprint density at radius 1 is 0.706 bits per heavy atom. The van der Waals surface area contributed by atoms with Crippen molar-refractivity contribution >= 4 is 11.9 Å². The first-order valence-corrected chi connectivity index (χ1v) is 14.5. The number of unbranched alkanes of at least 4 members (excludes halogenated alkanes) is 15. The zero-order valence-corrected chi connectivity index (χ0v) is 23.6. The Labute approximate surface area is 212 Å². The lowest BCUT2D eigenvalue weighted by molar-refractivity contribution is -0.137. The van der Waals surface area contributed by atoms with Crippen molar-refractivity contribution in [3.63, 3.8) is 0 Å². The molecule has 0 aliphatic rings. The molecule has 0 saturated carbocycles. The Balaban J connectivity index is 0. The first-order valence-electron chi connectivity index (χ1n) is 14.5. The van der Waals surface area contributed by atoms with Crippen molar-refractivity contribution in [3.05, 3.63) is 0 Å². The average Bonchev–Trinajstić information content (AvgIpc) is 2.80. The maximum Gasteiger partial charge on any atom is 0.303 e. The van der Waals surface area contributed by atoms with Crippen LogP contribution < -0.4 is 5.32 Å². The molecule has 0 aliphatic heterocycles. The molecule has 0 fully saturated rings. The number of nitrogens with one attached hydrogen (secondary N) is 1. The van der Waals surface area contributed by atoms with Crippen LogP contribution in [0.1, 0.15) is 143 Å². The van der Waals surface area contributed by atoms with E-state index in [-0.39, 0.29) is 11.8 Å². The minimum atomic E-state index is -0.659. The number of aliphatic carboxylic acids is 1. The molecule has 1 amide bonds. The number of hydrogen-bond acceptors (Lipinski definition) is 3. The van der Waals surface area contributed by atoms with Gasteiger partial charge in [0, 0.05) is 18.9 Å². The van der Waals surface area contributed by atoms with Crippen LogP contribution in [0, 0.1) is 5.92 Å². The van der Waals surface area contributed by atoms with E-state index in [1.807, 2.05) is 21.0 Å². The second-order valence-electron chi connectivity index (χ2n) is 10.2. The Bertz CT molecular complexity index is 441. The second kappa shape index (κ2) is 28.1. The van der Waals surface area contributed by atoms with Crippen molar-refractivity contribution in [2.24, 2.45) is 5.92 Å². The molecule has 0 aromatic heterocycles. The van der Waals surface area contributed by atoms with Gasteiger partial charge in [-0.25, -0.2) is 0 Å². The van der Waals surface area contributed by atoms with Crippen LogP contribution in [0.4, 0.5) is 0 Å². The number of carboxylic acids is 1. The van der Waals surface area contributed by atoms with Crippen molar-refractivity contribution in [1.82, 2.24) is 10.2 Å². The molecule has 0 rings (SSSR count). The van der Waals surface area contributed by atoms with Crippen molar-refractivity contribution in [3.8, 4) is 0 Å². The predicted molar refractivity (Wildman–Crippen MR) is 147 cm³/mol. The Kier molecular flexibility index (Phi) is 29.0. The Morgan fingerprint density at radius 2 is 1.12 bits per heavy atom. The molecule has 0 bridgehead atoms. The molecule has 1 atom stereocenters. The van der Waals surface area contributed by atoms with Crippen LogP contribution in [0.25, 0.3) is 0 Å². The van der Waals surface area contributed by atoms with Crippen LogP contribution in [0.15, 0.2) is 0 Å². The summed E-state index contributed by atoms with van der Waals surface area (Å²) in [7, 11) is 4.09. The fraction of sp³-hybridized carbons (Fsp3) is 0.931. The van der Waals surface area contributed by atoms with Gasteiger partial charge in [-0.3, -0.25) is 9.59 Å². The molecule has 0 saturated heterocycles. The molecule has 0 aliphatic carbocycles. The third kappa shape index (κ3) is 30.9. The van der Waals surface area contributed by atoms with Gasteiger partial charge in [-0.05, 0) is 39.9 Å². The molecular weight excluding hydrogens is 424 g/mol. The highest BCUT2D eigenvalue weighted by atomic mass is 16.4. The van der Waals surface area contributed by atoms with E-state index in [2.05, 4.69) is 24.1 Å². The van der Waals surface area contributed by atoms with Gasteiger partial charge in [0.25, 0.3) is 0 Å². The quantitative estimate of drug-likeness (QED) is 0.145. The first kappa shape index (κ1) is 35.1. The summed E-state index contributed by atoms with van der Waals surface area (Å²) in [6, 6.07) is 0. The van der Waals surface area contributed by atoms with Crippen LogP contribution in [0.3, 0.4) is 0 Å². The van der Waals surface area contributed by atoms with Gasteiger partial charge in [0.15, 0.2) is 0 Å². The molecule has 204 valence electrons. The lowest BCUT2D eigenvalue weighted by Gasteiger charge is -2.15. The summed E-state index contributed by atoms with van der Waals surface area (Å²) in [5, 5.41) is 11.5. The molecule has 0 heterocycles. The van der Waals surface area contributed by atoms with Crippen LogP contribution >= 0.6 is 0 Å². The second-order valence-corrected chi connectivity index (χ2v) is 10.2. The summed E-state index contributed by atoms with van der Waals surface area (Å²) in [6.45, 7) is 8.33. The van der Waals surface area contributed by atoms with Gasteiger partial charge in [-0.15, -0.1) is 0 Å². The van der Waals surface area contributed by atoms with E-state index in [4.69, 9.17) is 5.11 Å². The summed E-state index contributed by atoms with van der Waals surface area (Å²) in [5.41, 5.74) is 0. The summed E-state index contributed by atoms with van der Waals surface area (Å²) < 4.78 is 0. The highest BCUT2D eigenvalue weighted by Gasteiger charge is 2.11. The standard InChI is InChI=1S/C17H36N2O.C12H24O2/c1-5-6-7-8-9-10-11-12-14-18-17(20)16(2)13-15-19(3)4;1-2-3-4-5-6-7-8-9-10-11-12(13)14/h16H,5-15H2,1-4H3,(H,18,20);2-11H2,1H3,(H,13,14). The smallest absolute Gasteiger partial charge is 0.303 e. The van der Waals surface area contributed by atoms with E-state index in [1.165, 1.54) is 89.9 Å². The summed E-state index contributed by atoms with van der Waals surface area (Å²) in [5.74, 6) is -0.311. The van der Waals surface area contributed by atoms with E-state index in [1.54, 1.807) is 0 Å². The number of carboxylic acid groups (broad SMARTS) is 1. The summed E-state index contributed by atoms with van der Waals surface area (Å²) in [4.78, 5) is 24.2. The normalized spacial score (nSPS) is 11.7. The van der Waals surface area contributed by atoms with E-state index < -0.39 is 5.97 Å². The third-order valence-corrected chi connectivity index (χ3v) is 6.28. The van der Waals surface area contributed by atoms with Gasteiger partial charge in [0.1, 0.15) is 0 Å². The number of carbonyl (C=O) groups is 2. The van der Waals surface area contributed by atoms with Gasteiger partial charge < -0.3 is 15.3 Å². The van der Waals surface area contributed by atoms with Crippen molar-refractivity contribution in [1.29, 1.82) is 0 Å². The molecule has 34 heavy (non-hydrogen) atoms. The summed E-state index contributed by atoms with van der Waals surface area (Å²) in [6.07, 6.45) is 22.9. The fourth-order valence-corrected chi connectivity index (χ4v) is 3.81. The van der Waals surface area contributed by atoms with Gasteiger partial charge in [-0.1, -0.05) is 117 Å². The first-order chi connectivity index (χ1) is 16.3. The molecule has 5 nitrogen and oxygen atoms in total. The Morgan fingerprint density at radius 3 is 1.53 bits per heavy atom. The number of nitrogens with zero attached hydrogens (tertiary/aromatic N) is 1. The SMILES string of the molecule is CCCCCCCCCCCC(=O)O.CCCCCCCCCCNC(=O)C(C)CCN(C)C.